The van der Waals surface area contributed by atoms with Crippen LogP contribution in [0, 0.1) is 0 Å². The molecule has 2 rings (SSSR count). The summed E-state index contributed by atoms with van der Waals surface area (Å²) in [7, 11) is 0. The molecule has 0 saturated carbocycles. The summed E-state index contributed by atoms with van der Waals surface area (Å²) in [5, 5.41) is 13.3. The van der Waals surface area contributed by atoms with Crippen molar-refractivity contribution < 1.29 is 5.11 Å². The number of nitrogens with one attached hydrogen (secondary N) is 1. The zero-order valence-corrected chi connectivity index (χ0v) is 12.3. The van der Waals surface area contributed by atoms with Gasteiger partial charge in [-0.15, -0.1) is 11.3 Å². The normalized spacial score (nSPS) is 13.1. The fraction of sp³-hybridized carbons (Fsp3) is 0.500. The number of hydrogen-bond donors (Lipinski definition) is 2. The quantitative estimate of drug-likeness (QED) is 0.817. The third kappa shape index (κ3) is 3.89. The summed E-state index contributed by atoms with van der Waals surface area (Å²) < 4.78 is 1.17. The van der Waals surface area contributed by atoms with Crippen molar-refractivity contribution in [3.63, 3.8) is 0 Å². The van der Waals surface area contributed by atoms with Crippen LogP contribution in [0.25, 0.3) is 10.2 Å². The van der Waals surface area contributed by atoms with Crippen molar-refractivity contribution in [2.24, 2.45) is 0 Å². The smallest absolute Gasteiger partial charge is 0.0839 e. The van der Waals surface area contributed by atoms with Crippen LogP contribution < -0.4 is 5.32 Å². The molecule has 0 amide bonds. The SMILES string of the molecule is CCN(CC)CC(O)CNc1ccc2ncsc2c1. The van der Waals surface area contributed by atoms with Crippen molar-refractivity contribution in [3.8, 4) is 0 Å². The van der Waals surface area contributed by atoms with Gasteiger partial charge in [-0.1, -0.05) is 13.8 Å². The Balaban J connectivity index is 1.87. The van der Waals surface area contributed by atoms with Gasteiger partial charge in [0, 0.05) is 18.8 Å². The van der Waals surface area contributed by atoms with Crippen LogP contribution in [-0.4, -0.2) is 47.3 Å². The Kier molecular flexibility index (Phi) is 5.13. The van der Waals surface area contributed by atoms with Crippen LogP contribution in [0.15, 0.2) is 23.7 Å². The molecule has 0 fully saturated rings. The van der Waals surface area contributed by atoms with Gasteiger partial charge in [0.1, 0.15) is 0 Å². The third-order valence-corrected chi connectivity index (χ3v) is 4.03. The predicted octanol–water partition coefficient (Wildman–Crippen LogP) is 2.41. The van der Waals surface area contributed by atoms with Gasteiger partial charge >= 0.3 is 0 Å². The molecule has 1 aromatic carbocycles. The number of anilines is 1. The van der Waals surface area contributed by atoms with Gasteiger partial charge in [0.2, 0.25) is 0 Å². The van der Waals surface area contributed by atoms with E-state index in [0.29, 0.717) is 13.1 Å². The first kappa shape index (κ1) is 14.2. The molecule has 4 nitrogen and oxygen atoms in total. The number of likely N-dealkylation sites (N-methyl/N-ethyl adjacent to an activating group) is 1. The second-order valence-corrected chi connectivity index (χ2v) is 5.44. The topological polar surface area (TPSA) is 48.4 Å². The number of aliphatic hydroxyl groups is 1. The number of aliphatic hydroxyl groups excluding tert-OH is 1. The van der Waals surface area contributed by atoms with Gasteiger partial charge in [0.05, 0.1) is 21.8 Å². The molecule has 0 radical (unpaired) electrons. The molecule has 5 heteroatoms. The van der Waals surface area contributed by atoms with Crippen molar-refractivity contribution in [3.05, 3.63) is 23.7 Å². The number of nitrogens with zero attached hydrogens (tertiary/aromatic N) is 2. The molecule has 2 N–H and O–H groups in total. The first-order valence-electron chi connectivity index (χ1n) is 6.70. The Morgan fingerprint density at radius 3 is 2.89 bits per heavy atom. The highest BCUT2D eigenvalue weighted by molar-refractivity contribution is 7.16. The van der Waals surface area contributed by atoms with Crippen molar-refractivity contribution in [2.45, 2.75) is 20.0 Å². The molecule has 0 saturated heterocycles. The lowest BCUT2D eigenvalue weighted by molar-refractivity contribution is 0.128. The van der Waals surface area contributed by atoms with Crippen LogP contribution in [0.2, 0.25) is 0 Å². The molecule has 1 aromatic heterocycles. The summed E-state index contributed by atoms with van der Waals surface area (Å²) in [5.74, 6) is 0. The fourth-order valence-electron chi connectivity index (χ4n) is 2.05. The van der Waals surface area contributed by atoms with Gasteiger partial charge in [-0.3, -0.25) is 0 Å². The molecule has 104 valence electrons. The molecule has 19 heavy (non-hydrogen) atoms. The van der Waals surface area contributed by atoms with E-state index in [2.05, 4.69) is 35.1 Å². The maximum Gasteiger partial charge on any atom is 0.0839 e. The van der Waals surface area contributed by atoms with Crippen LogP contribution >= 0.6 is 11.3 Å². The maximum atomic E-state index is 10.0. The predicted molar refractivity (Wildman–Crippen MR) is 81.9 cm³/mol. The maximum absolute atomic E-state index is 10.0. The first-order chi connectivity index (χ1) is 9.22. The molecule has 0 aliphatic heterocycles. The Bertz CT molecular complexity index is 510. The molecule has 1 atom stereocenters. The number of thiazole rings is 1. The Morgan fingerprint density at radius 1 is 1.37 bits per heavy atom. The monoisotopic (exact) mass is 279 g/mol. The Hall–Kier alpha value is -1.17. The van der Waals surface area contributed by atoms with E-state index < -0.39 is 0 Å². The van der Waals surface area contributed by atoms with E-state index in [1.54, 1.807) is 11.3 Å². The summed E-state index contributed by atoms with van der Waals surface area (Å²) in [6.07, 6.45) is -0.350. The lowest BCUT2D eigenvalue weighted by Gasteiger charge is -2.22. The largest absolute Gasteiger partial charge is 0.390 e. The summed E-state index contributed by atoms with van der Waals surface area (Å²) in [5.41, 5.74) is 3.92. The van der Waals surface area contributed by atoms with Gasteiger partial charge in [-0.05, 0) is 31.3 Å². The fourth-order valence-corrected chi connectivity index (χ4v) is 2.76. The van der Waals surface area contributed by atoms with E-state index in [4.69, 9.17) is 0 Å². The Labute approximate surface area is 118 Å². The molecule has 0 aliphatic carbocycles. The molecular weight excluding hydrogens is 258 g/mol. The van der Waals surface area contributed by atoms with Crippen LogP contribution in [0.3, 0.4) is 0 Å². The minimum absolute atomic E-state index is 0.350. The lowest BCUT2D eigenvalue weighted by Crippen LogP contribution is -2.35. The number of hydrogen-bond acceptors (Lipinski definition) is 5. The van der Waals surface area contributed by atoms with Gasteiger partial charge in [0.15, 0.2) is 0 Å². The average molecular weight is 279 g/mol. The minimum Gasteiger partial charge on any atom is -0.390 e. The highest BCUT2D eigenvalue weighted by Crippen LogP contribution is 2.21. The highest BCUT2D eigenvalue weighted by Gasteiger charge is 2.08. The molecular formula is C14H21N3OS. The Morgan fingerprint density at radius 2 is 2.16 bits per heavy atom. The number of rotatable bonds is 7. The standard InChI is InChI=1S/C14H21N3OS/c1-3-17(4-2)9-12(18)8-15-11-5-6-13-14(7-11)19-10-16-13/h5-7,10,12,15,18H,3-4,8-9H2,1-2H3. The molecule has 1 heterocycles. The second kappa shape index (κ2) is 6.84. The van der Waals surface area contributed by atoms with E-state index >= 15 is 0 Å². The molecule has 2 aromatic rings. The molecule has 0 bridgehead atoms. The van der Waals surface area contributed by atoms with Crippen LogP contribution in [0.1, 0.15) is 13.8 Å². The summed E-state index contributed by atoms with van der Waals surface area (Å²) >= 11 is 1.63. The first-order valence-corrected chi connectivity index (χ1v) is 7.58. The second-order valence-electron chi connectivity index (χ2n) is 4.56. The number of aromatic nitrogens is 1. The number of benzene rings is 1. The third-order valence-electron chi connectivity index (χ3n) is 3.24. The van der Waals surface area contributed by atoms with Crippen LogP contribution in [0.5, 0.6) is 0 Å². The zero-order chi connectivity index (χ0) is 13.7. The summed E-state index contributed by atoms with van der Waals surface area (Å²) in [6.45, 7) is 7.45. The molecule has 1 unspecified atom stereocenters. The van der Waals surface area contributed by atoms with Crippen LogP contribution in [0.4, 0.5) is 5.69 Å². The van der Waals surface area contributed by atoms with Gasteiger partial charge in [-0.2, -0.15) is 0 Å². The van der Waals surface area contributed by atoms with E-state index in [9.17, 15) is 5.11 Å². The van der Waals surface area contributed by atoms with E-state index in [1.807, 2.05) is 17.6 Å². The van der Waals surface area contributed by atoms with E-state index in [1.165, 1.54) is 4.70 Å². The van der Waals surface area contributed by atoms with Gasteiger partial charge < -0.3 is 15.3 Å². The van der Waals surface area contributed by atoms with Crippen molar-refractivity contribution in [2.75, 3.05) is 31.5 Å². The minimum atomic E-state index is -0.350. The summed E-state index contributed by atoms with van der Waals surface area (Å²) in [6, 6.07) is 6.09. The average Bonchev–Trinajstić information content (AvgIpc) is 2.89. The van der Waals surface area contributed by atoms with Gasteiger partial charge in [-0.25, -0.2) is 4.98 Å². The lowest BCUT2D eigenvalue weighted by atomic mass is 10.2. The van der Waals surface area contributed by atoms with E-state index in [-0.39, 0.29) is 6.10 Å². The van der Waals surface area contributed by atoms with Crippen molar-refractivity contribution in [1.29, 1.82) is 0 Å². The zero-order valence-electron chi connectivity index (χ0n) is 11.5. The van der Waals surface area contributed by atoms with Crippen molar-refractivity contribution in [1.82, 2.24) is 9.88 Å². The van der Waals surface area contributed by atoms with E-state index in [0.717, 1.165) is 24.3 Å². The van der Waals surface area contributed by atoms with Crippen molar-refractivity contribution >= 4 is 27.2 Å². The summed E-state index contributed by atoms with van der Waals surface area (Å²) in [4.78, 5) is 6.47. The van der Waals surface area contributed by atoms with Gasteiger partial charge in [0.25, 0.3) is 0 Å². The molecule has 0 spiro atoms. The number of fused-ring (bicyclic) bond motifs is 1. The van der Waals surface area contributed by atoms with Crippen LogP contribution in [-0.2, 0) is 0 Å². The highest BCUT2D eigenvalue weighted by atomic mass is 32.1. The molecule has 0 aliphatic rings.